The van der Waals surface area contributed by atoms with Gasteiger partial charge in [0.25, 0.3) is 0 Å². The fourth-order valence-electron chi connectivity index (χ4n) is 1.47. The Kier molecular flexibility index (Phi) is 5.02. The first kappa shape index (κ1) is 13.3. The normalized spacial score (nSPS) is 14.5. The van der Waals surface area contributed by atoms with Crippen LogP contribution in [0.1, 0.15) is 26.7 Å². The van der Waals surface area contributed by atoms with Gasteiger partial charge >= 0.3 is 0 Å². The molecule has 1 atom stereocenters. The summed E-state index contributed by atoms with van der Waals surface area (Å²) in [7, 11) is 0. The van der Waals surface area contributed by atoms with Crippen LogP contribution >= 0.6 is 11.8 Å². The topological polar surface area (TPSA) is 63.8 Å². The molecule has 1 unspecified atom stereocenters. The van der Waals surface area contributed by atoms with E-state index in [1.807, 2.05) is 12.3 Å². The van der Waals surface area contributed by atoms with Crippen LogP contribution in [0, 0.1) is 0 Å². The second-order valence-electron chi connectivity index (χ2n) is 4.02. The number of aromatic nitrogens is 2. The van der Waals surface area contributed by atoms with Crippen molar-refractivity contribution in [2.24, 2.45) is 5.73 Å². The maximum Gasteiger partial charge on any atom is 0.130 e. The molecular formula is C11H20N4S. The van der Waals surface area contributed by atoms with Crippen LogP contribution in [0.15, 0.2) is 17.4 Å². The van der Waals surface area contributed by atoms with Crippen molar-refractivity contribution in [3.05, 3.63) is 12.4 Å². The third-order valence-electron chi connectivity index (χ3n) is 2.76. The van der Waals surface area contributed by atoms with Crippen molar-refractivity contribution in [3.63, 3.8) is 0 Å². The minimum absolute atomic E-state index is 0.0127. The fourth-order valence-corrected chi connectivity index (χ4v) is 1.86. The molecule has 4 nitrogen and oxygen atoms in total. The zero-order valence-corrected chi connectivity index (χ0v) is 11.0. The van der Waals surface area contributed by atoms with Gasteiger partial charge < -0.3 is 11.1 Å². The number of nitrogens with zero attached hydrogens (tertiary/aromatic N) is 2. The lowest BCUT2D eigenvalue weighted by Gasteiger charge is -2.29. The maximum absolute atomic E-state index is 5.62. The Balaban J connectivity index is 2.77. The summed E-state index contributed by atoms with van der Waals surface area (Å²) in [6.07, 6.45) is 5.54. The molecule has 5 heteroatoms. The lowest BCUT2D eigenvalue weighted by Crippen LogP contribution is -2.36. The van der Waals surface area contributed by atoms with E-state index in [4.69, 9.17) is 5.73 Å². The van der Waals surface area contributed by atoms with Crippen molar-refractivity contribution in [1.82, 2.24) is 9.97 Å². The Labute approximate surface area is 101 Å². The van der Waals surface area contributed by atoms with Gasteiger partial charge in [0, 0.05) is 11.6 Å². The third kappa shape index (κ3) is 3.64. The molecule has 3 N–H and O–H groups in total. The number of anilines is 1. The number of nitrogens with one attached hydrogen (secondary N) is 1. The van der Waals surface area contributed by atoms with E-state index in [-0.39, 0.29) is 5.54 Å². The molecule has 0 fully saturated rings. The van der Waals surface area contributed by atoms with Crippen LogP contribution in [0.4, 0.5) is 5.82 Å². The Morgan fingerprint density at radius 2 is 2.25 bits per heavy atom. The zero-order chi connectivity index (χ0) is 12.0. The van der Waals surface area contributed by atoms with E-state index in [1.54, 1.807) is 18.1 Å². The molecule has 0 aliphatic rings. The second kappa shape index (κ2) is 6.06. The van der Waals surface area contributed by atoms with Crippen molar-refractivity contribution in [2.45, 2.75) is 37.3 Å². The van der Waals surface area contributed by atoms with E-state index in [2.05, 4.69) is 29.1 Å². The standard InChI is InChI=1S/C11H20N4S/c1-4-11(2,5-6-12)15-9-7-10(16-3)14-8-13-9/h7-8H,4-6,12H2,1-3H3,(H,13,14,15). The fraction of sp³-hybridized carbons (Fsp3) is 0.636. The lowest BCUT2D eigenvalue weighted by atomic mass is 9.94. The number of hydrogen-bond acceptors (Lipinski definition) is 5. The third-order valence-corrected chi connectivity index (χ3v) is 3.40. The summed E-state index contributed by atoms with van der Waals surface area (Å²) in [4.78, 5) is 8.37. The van der Waals surface area contributed by atoms with E-state index in [1.165, 1.54) is 0 Å². The Morgan fingerprint density at radius 1 is 1.50 bits per heavy atom. The van der Waals surface area contributed by atoms with Gasteiger partial charge in [-0.15, -0.1) is 11.8 Å². The van der Waals surface area contributed by atoms with Crippen molar-refractivity contribution in [2.75, 3.05) is 18.1 Å². The van der Waals surface area contributed by atoms with Gasteiger partial charge in [0.15, 0.2) is 0 Å². The lowest BCUT2D eigenvalue weighted by molar-refractivity contribution is 0.461. The van der Waals surface area contributed by atoms with E-state index >= 15 is 0 Å². The Bertz CT molecular complexity index is 332. The molecule has 1 heterocycles. The quantitative estimate of drug-likeness (QED) is 0.589. The highest BCUT2D eigenvalue weighted by Crippen LogP contribution is 2.21. The van der Waals surface area contributed by atoms with E-state index < -0.39 is 0 Å². The van der Waals surface area contributed by atoms with Crippen molar-refractivity contribution >= 4 is 17.6 Å². The molecule has 0 bridgehead atoms. The second-order valence-corrected chi connectivity index (χ2v) is 4.85. The number of hydrogen-bond donors (Lipinski definition) is 2. The highest BCUT2D eigenvalue weighted by Gasteiger charge is 2.21. The minimum atomic E-state index is 0.0127. The van der Waals surface area contributed by atoms with Gasteiger partial charge in [-0.05, 0) is 32.6 Å². The molecule has 0 radical (unpaired) electrons. The smallest absolute Gasteiger partial charge is 0.130 e. The maximum atomic E-state index is 5.62. The summed E-state index contributed by atoms with van der Waals surface area (Å²) in [5.74, 6) is 0.872. The van der Waals surface area contributed by atoms with Gasteiger partial charge in [0.05, 0.1) is 0 Å². The van der Waals surface area contributed by atoms with Gasteiger partial charge in [-0.3, -0.25) is 0 Å². The molecule has 16 heavy (non-hydrogen) atoms. The zero-order valence-electron chi connectivity index (χ0n) is 10.2. The van der Waals surface area contributed by atoms with E-state index in [9.17, 15) is 0 Å². The summed E-state index contributed by atoms with van der Waals surface area (Å²) >= 11 is 1.61. The summed E-state index contributed by atoms with van der Waals surface area (Å²) in [6.45, 7) is 5.00. The first-order valence-corrected chi connectivity index (χ1v) is 6.70. The van der Waals surface area contributed by atoms with E-state index in [0.29, 0.717) is 6.54 Å². The summed E-state index contributed by atoms with van der Waals surface area (Å²) in [5.41, 5.74) is 5.64. The molecule has 0 saturated heterocycles. The number of nitrogens with two attached hydrogens (primary N) is 1. The van der Waals surface area contributed by atoms with Crippen molar-refractivity contribution in [1.29, 1.82) is 0 Å². The van der Waals surface area contributed by atoms with Gasteiger partial charge in [-0.1, -0.05) is 6.92 Å². The van der Waals surface area contributed by atoms with E-state index in [0.717, 1.165) is 23.7 Å². The predicted octanol–water partition coefficient (Wildman–Crippen LogP) is 2.13. The van der Waals surface area contributed by atoms with Gasteiger partial charge in [-0.2, -0.15) is 0 Å². The molecule has 0 aliphatic heterocycles. The summed E-state index contributed by atoms with van der Waals surface area (Å²) in [6, 6.07) is 1.97. The molecule has 1 aromatic rings. The van der Waals surface area contributed by atoms with Crippen molar-refractivity contribution < 1.29 is 0 Å². The number of rotatable bonds is 6. The Hall–Kier alpha value is -0.810. The van der Waals surface area contributed by atoms with Crippen LogP contribution in [-0.4, -0.2) is 28.3 Å². The van der Waals surface area contributed by atoms with Crippen LogP contribution in [-0.2, 0) is 0 Å². The molecule has 0 amide bonds. The molecular weight excluding hydrogens is 220 g/mol. The van der Waals surface area contributed by atoms with Gasteiger partial charge in [0.1, 0.15) is 17.2 Å². The predicted molar refractivity (Wildman–Crippen MR) is 69.8 cm³/mol. The first-order chi connectivity index (χ1) is 7.63. The summed E-state index contributed by atoms with van der Waals surface area (Å²) < 4.78 is 0. The van der Waals surface area contributed by atoms with Crippen molar-refractivity contribution in [3.8, 4) is 0 Å². The largest absolute Gasteiger partial charge is 0.365 e. The molecule has 0 saturated carbocycles. The van der Waals surface area contributed by atoms with Crippen LogP contribution < -0.4 is 11.1 Å². The SMILES string of the molecule is CCC(C)(CCN)Nc1cc(SC)ncn1. The average Bonchev–Trinajstić information content (AvgIpc) is 2.29. The van der Waals surface area contributed by atoms with Gasteiger partial charge in [-0.25, -0.2) is 9.97 Å². The monoisotopic (exact) mass is 240 g/mol. The van der Waals surface area contributed by atoms with Crippen LogP contribution in [0.5, 0.6) is 0 Å². The van der Waals surface area contributed by atoms with Crippen LogP contribution in [0.25, 0.3) is 0 Å². The van der Waals surface area contributed by atoms with Crippen LogP contribution in [0.2, 0.25) is 0 Å². The van der Waals surface area contributed by atoms with Gasteiger partial charge in [0.2, 0.25) is 0 Å². The number of thioether (sulfide) groups is 1. The summed E-state index contributed by atoms with van der Waals surface area (Å²) in [5, 5.41) is 4.41. The molecule has 0 aromatic carbocycles. The van der Waals surface area contributed by atoms with Crippen LogP contribution in [0.3, 0.4) is 0 Å². The Morgan fingerprint density at radius 3 is 2.81 bits per heavy atom. The molecule has 1 aromatic heterocycles. The average molecular weight is 240 g/mol. The molecule has 90 valence electrons. The molecule has 0 aliphatic carbocycles. The minimum Gasteiger partial charge on any atom is -0.365 e. The molecule has 1 rings (SSSR count). The highest BCUT2D eigenvalue weighted by molar-refractivity contribution is 7.98. The first-order valence-electron chi connectivity index (χ1n) is 5.48. The molecule has 0 spiro atoms. The highest BCUT2D eigenvalue weighted by atomic mass is 32.2.